The molecule has 0 radical (unpaired) electrons. The second kappa shape index (κ2) is 9.09. The summed E-state index contributed by atoms with van der Waals surface area (Å²) in [4.78, 5) is 37.0. The molecule has 0 fully saturated rings. The quantitative estimate of drug-likeness (QED) is 0.594. The van der Waals surface area contributed by atoms with Crippen molar-refractivity contribution in [2.24, 2.45) is 0 Å². The number of rotatable bonds is 6. The fourth-order valence-corrected chi connectivity index (χ4v) is 2.64. The van der Waals surface area contributed by atoms with E-state index in [1.807, 2.05) is 19.1 Å². The molecule has 0 bridgehead atoms. The highest BCUT2D eigenvalue weighted by molar-refractivity contribution is 6.03. The maximum Gasteiger partial charge on any atom is 0.338 e. The van der Waals surface area contributed by atoms with Crippen molar-refractivity contribution in [3.63, 3.8) is 0 Å². The molecule has 2 N–H and O–H groups in total. The zero-order valence-corrected chi connectivity index (χ0v) is 16.9. The Balaban J connectivity index is 1.65. The van der Waals surface area contributed by atoms with Crippen LogP contribution >= 0.6 is 0 Å². The monoisotopic (exact) mass is 406 g/mol. The SMILES string of the molecule is Cc1ccc(NC(=O)[C@H](C)OC(=O)c2ccc(C)c(NC(=O)c3ccco3)c2)cc1. The van der Waals surface area contributed by atoms with Crippen molar-refractivity contribution < 1.29 is 23.5 Å². The van der Waals surface area contributed by atoms with Gasteiger partial charge in [0.15, 0.2) is 11.9 Å². The van der Waals surface area contributed by atoms with E-state index in [0.717, 1.165) is 11.1 Å². The largest absolute Gasteiger partial charge is 0.459 e. The number of furan rings is 1. The molecule has 2 amide bonds. The van der Waals surface area contributed by atoms with Gasteiger partial charge in [-0.15, -0.1) is 0 Å². The summed E-state index contributed by atoms with van der Waals surface area (Å²) in [6.07, 6.45) is 0.403. The van der Waals surface area contributed by atoms with E-state index in [9.17, 15) is 14.4 Å². The second-order valence-electron chi connectivity index (χ2n) is 6.86. The number of nitrogens with one attached hydrogen (secondary N) is 2. The van der Waals surface area contributed by atoms with Crippen LogP contribution in [0.25, 0.3) is 0 Å². The first-order valence-electron chi connectivity index (χ1n) is 9.37. The lowest BCUT2D eigenvalue weighted by atomic mass is 10.1. The number of benzene rings is 2. The molecular weight excluding hydrogens is 384 g/mol. The summed E-state index contributed by atoms with van der Waals surface area (Å²) in [5.41, 5.74) is 3.11. The zero-order chi connectivity index (χ0) is 21.7. The molecule has 30 heavy (non-hydrogen) atoms. The Morgan fingerprint density at radius 1 is 0.967 bits per heavy atom. The van der Waals surface area contributed by atoms with Gasteiger partial charge in [0, 0.05) is 11.4 Å². The number of carbonyl (C=O) groups excluding carboxylic acids is 3. The van der Waals surface area contributed by atoms with E-state index in [-0.39, 0.29) is 11.3 Å². The van der Waals surface area contributed by atoms with Gasteiger partial charge in [-0.05, 0) is 62.7 Å². The third kappa shape index (κ3) is 5.14. The third-order valence-corrected chi connectivity index (χ3v) is 4.44. The van der Waals surface area contributed by atoms with Gasteiger partial charge < -0.3 is 19.8 Å². The molecule has 7 heteroatoms. The first-order chi connectivity index (χ1) is 14.3. The van der Waals surface area contributed by atoms with Crippen LogP contribution in [0.4, 0.5) is 11.4 Å². The number of ether oxygens (including phenoxy) is 1. The second-order valence-corrected chi connectivity index (χ2v) is 6.86. The standard InChI is InChI=1S/C23H22N2O5/c1-14-6-10-18(11-7-14)24-21(26)16(3)30-23(28)17-9-8-15(2)19(13-17)25-22(27)20-5-4-12-29-20/h4-13,16H,1-3H3,(H,24,26)(H,25,27)/t16-/m0/s1. The van der Waals surface area contributed by atoms with Gasteiger partial charge in [-0.2, -0.15) is 0 Å². The molecule has 0 saturated heterocycles. The number of aryl methyl sites for hydroxylation is 2. The van der Waals surface area contributed by atoms with Crippen LogP contribution in [0.15, 0.2) is 65.3 Å². The van der Waals surface area contributed by atoms with Crippen molar-refractivity contribution in [1.29, 1.82) is 0 Å². The topological polar surface area (TPSA) is 97.6 Å². The summed E-state index contributed by atoms with van der Waals surface area (Å²) in [6.45, 7) is 5.24. The summed E-state index contributed by atoms with van der Waals surface area (Å²) in [6, 6.07) is 15.2. The van der Waals surface area contributed by atoms with Gasteiger partial charge in [0.05, 0.1) is 11.8 Å². The molecule has 0 aliphatic heterocycles. The Labute approximate surface area is 174 Å². The predicted octanol–water partition coefficient (Wildman–Crippen LogP) is 4.33. The number of hydrogen-bond donors (Lipinski definition) is 2. The highest BCUT2D eigenvalue weighted by Gasteiger charge is 2.20. The molecule has 7 nitrogen and oxygen atoms in total. The molecule has 2 aromatic carbocycles. The van der Waals surface area contributed by atoms with Crippen molar-refractivity contribution in [3.05, 3.63) is 83.3 Å². The summed E-state index contributed by atoms with van der Waals surface area (Å²) < 4.78 is 10.4. The minimum absolute atomic E-state index is 0.156. The lowest BCUT2D eigenvalue weighted by Gasteiger charge is -2.15. The van der Waals surface area contributed by atoms with E-state index in [0.29, 0.717) is 11.4 Å². The van der Waals surface area contributed by atoms with Crippen LogP contribution in [-0.2, 0) is 9.53 Å². The third-order valence-electron chi connectivity index (χ3n) is 4.44. The van der Waals surface area contributed by atoms with E-state index in [2.05, 4.69) is 10.6 Å². The van der Waals surface area contributed by atoms with E-state index >= 15 is 0 Å². The number of anilines is 2. The van der Waals surface area contributed by atoms with Gasteiger partial charge in [-0.3, -0.25) is 9.59 Å². The van der Waals surface area contributed by atoms with Crippen LogP contribution in [0.1, 0.15) is 39.0 Å². The smallest absolute Gasteiger partial charge is 0.338 e. The maximum atomic E-state index is 12.5. The minimum Gasteiger partial charge on any atom is -0.459 e. The van der Waals surface area contributed by atoms with Crippen molar-refractivity contribution in [2.45, 2.75) is 26.9 Å². The van der Waals surface area contributed by atoms with Gasteiger partial charge in [0.1, 0.15) is 0 Å². The van der Waals surface area contributed by atoms with Gasteiger partial charge >= 0.3 is 5.97 Å². The van der Waals surface area contributed by atoms with Gasteiger partial charge in [0.25, 0.3) is 11.8 Å². The van der Waals surface area contributed by atoms with Crippen molar-refractivity contribution in [2.75, 3.05) is 10.6 Å². The van der Waals surface area contributed by atoms with Crippen LogP contribution in [0.2, 0.25) is 0 Å². The summed E-state index contributed by atoms with van der Waals surface area (Å²) >= 11 is 0. The Hall–Kier alpha value is -3.87. The molecular formula is C23H22N2O5. The summed E-state index contributed by atoms with van der Waals surface area (Å²) in [5.74, 6) is -1.39. The Kier molecular flexibility index (Phi) is 6.32. The Morgan fingerprint density at radius 2 is 1.70 bits per heavy atom. The minimum atomic E-state index is -0.999. The maximum absolute atomic E-state index is 12.5. The highest BCUT2D eigenvalue weighted by Crippen LogP contribution is 2.19. The van der Waals surface area contributed by atoms with Crippen LogP contribution in [0, 0.1) is 13.8 Å². The first kappa shape index (κ1) is 20.9. The van der Waals surface area contributed by atoms with Crippen molar-refractivity contribution in [3.8, 4) is 0 Å². The summed E-state index contributed by atoms with van der Waals surface area (Å²) in [7, 11) is 0. The number of carbonyl (C=O) groups is 3. The van der Waals surface area contributed by atoms with Gasteiger partial charge in [0.2, 0.25) is 0 Å². The van der Waals surface area contributed by atoms with Gasteiger partial charge in [-0.25, -0.2) is 4.79 Å². The van der Waals surface area contributed by atoms with Crippen molar-refractivity contribution in [1.82, 2.24) is 0 Å². The molecule has 0 unspecified atom stereocenters. The number of amides is 2. The molecule has 0 aliphatic rings. The molecule has 3 aromatic rings. The van der Waals surface area contributed by atoms with Crippen LogP contribution in [0.5, 0.6) is 0 Å². The molecule has 1 aromatic heterocycles. The number of hydrogen-bond acceptors (Lipinski definition) is 5. The Morgan fingerprint density at radius 3 is 2.37 bits per heavy atom. The predicted molar refractivity (Wildman–Crippen MR) is 113 cm³/mol. The molecule has 0 saturated carbocycles. The van der Waals surface area contributed by atoms with E-state index in [1.165, 1.54) is 25.3 Å². The normalized spacial score (nSPS) is 11.4. The zero-order valence-electron chi connectivity index (χ0n) is 16.9. The van der Waals surface area contributed by atoms with Gasteiger partial charge in [-0.1, -0.05) is 23.8 Å². The molecule has 1 heterocycles. The first-order valence-corrected chi connectivity index (χ1v) is 9.37. The summed E-state index contributed by atoms with van der Waals surface area (Å²) in [5, 5.41) is 5.41. The lowest BCUT2D eigenvalue weighted by molar-refractivity contribution is -0.123. The molecule has 3 rings (SSSR count). The van der Waals surface area contributed by atoms with Crippen LogP contribution in [-0.4, -0.2) is 23.9 Å². The van der Waals surface area contributed by atoms with E-state index in [4.69, 9.17) is 9.15 Å². The fraction of sp³-hybridized carbons (Fsp3) is 0.174. The average molecular weight is 406 g/mol. The fourth-order valence-electron chi connectivity index (χ4n) is 2.64. The Bertz CT molecular complexity index is 1060. The molecule has 1 atom stereocenters. The molecule has 0 aliphatic carbocycles. The van der Waals surface area contributed by atoms with E-state index in [1.54, 1.807) is 37.3 Å². The lowest BCUT2D eigenvalue weighted by Crippen LogP contribution is -2.30. The van der Waals surface area contributed by atoms with Crippen LogP contribution < -0.4 is 10.6 Å². The van der Waals surface area contributed by atoms with Crippen molar-refractivity contribution >= 4 is 29.2 Å². The average Bonchev–Trinajstić information content (AvgIpc) is 3.26. The highest BCUT2D eigenvalue weighted by atomic mass is 16.5. The molecule has 0 spiro atoms. The van der Waals surface area contributed by atoms with E-state index < -0.39 is 23.9 Å². The molecule has 154 valence electrons. The van der Waals surface area contributed by atoms with Crippen LogP contribution in [0.3, 0.4) is 0 Å². The number of esters is 1.